The summed E-state index contributed by atoms with van der Waals surface area (Å²) in [6.45, 7) is 4.52. The van der Waals surface area contributed by atoms with Crippen LogP contribution in [-0.2, 0) is 16.6 Å². The van der Waals surface area contributed by atoms with Crippen LogP contribution in [0.3, 0.4) is 0 Å². The highest BCUT2D eigenvalue weighted by molar-refractivity contribution is 5.87. The van der Waals surface area contributed by atoms with Crippen molar-refractivity contribution in [3.05, 3.63) is 35.5 Å². The van der Waals surface area contributed by atoms with Gasteiger partial charge in [0.05, 0.1) is 0 Å². The highest BCUT2D eigenvalue weighted by Gasteiger charge is 2.35. The molecule has 1 saturated heterocycles. The monoisotopic (exact) mass is 258 g/mol. The number of rotatable bonds is 3. The van der Waals surface area contributed by atoms with E-state index in [-0.39, 0.29) is 5.41 Å². The van der Waals surface area contributed by atoms with Crippen LogP contribution in [0.2, 0.25) is 0 Å². The lowest BCUT2D eigenvalue weighted by Gasteiger charge is -2.36. The Labute approximate surface area is 114 Å². The SMILES string of the molecule is CCc1cccc2c(C3(CN)CCOCC3)c[nH]c12. The van der Waals surface area contributed by atoms with Crippen molar-refractivity contribution < 1.29 is 4.74 Å². The number of benzene rings is 1. The molecule has 19 heavy (non-hydrogen) atoms. The van der Waals surface area contributed by atoms with Gasteiger partial charge in [0.2, 0.25) is 0 Å². The van der Waals surface area contributed by atoms with E-state index in [1.165, 1.54) is 22.0 Å². The third-order valence-electron chi connectivity index (χ3n) is 4.59. The molecule has 3 nitrogen and oxygen atoms in total. The molecule has 1 aromatic heterocycles. The molecule has 102 valence electrons. The Morgan fingerprint density at radius 3 is 2.79 bits per heavy atom. The molecule has 0 spiro atoms. The predicted octanol–water partition coefficient (Wildman–Crippen LogP) is 2.74. The minimum Gasteiger partial charge on any atom is -0.381 e. The highest BCUT2D eigenvalue weighted by Crippen LogP contribution is 2.38. The van der Waals surface area contributed by atoms with Crippen molar-refractivity contribution in [2.24, 2.45) is 5.73 Å². The van der Waals surface area contributed by atoms with Crippen molar-refractivity contribution in [1.82, 2.24) is 4.98 Å². The summed E-state index contributed by atoms with van der Waals surface area (Å²) in [5, 5.41) is 1.34. The zero-order valence-electron chi connectivity index (χ0n) is 11.5. The maximum Gasteiger partial charge on any atom is 0.0489 e. The molecule has 1 aliphatic rings. The summed E-state index contributed by atoms with van der Waals surface area (Å²) >= 11 is 0. The summed E-state index contributed by atoms with van der Waals surface area (Å²) in [5.41, 5.74) is 10.2. The zero-order valence-corrected chi connectivity index (χ0v) is 11.5. The number of hydrogen-bond donors (Lipinski definition) is 2. The van der Waals surface area contributed by atoms with E-state index < -0.39 is 0 Å². The summed E-state index contributed by atoms with van der Waals surface area (Å²) in [6, 6.07) is 6.57. The molecule has 0 saturated carbocycles. The number of fused-ring (bicyclic) bond motifs is 1. The predicted molar refractivity (Wildman–Crippen MR) is 78.5 cm³/mol. The van der Waals surface area contributed by atoms with Crippen LogP contribution < -0.4 is 5.73 Å². The average molecular weight is 258 g/mol. The van der Waals surface area contributed by atoms with Crippen molar-refractivity contribution in [3.8, 4) is 0 Å². The van der Waals surface area contributed by atoms with Gasteiger partial charge in [-0.15, -0.1) is 0 Å². The number of hydrogen-bond acceptors (Lipinski definition) is 2. The second-order valence-electron chi connectivity index (χ2n) is 5.49. The Morgan fingerprint density at radius 1 is 1.32 bits per heavy atom. The van der Waals surface area contributed by atoms with Crippen molar-refractivity contribution in [2.75, 3.05) is 19.8 Å². The minimum atomic E-state index is 0.0862. The van der Waals surface area contributed by atoms with Gasteiger partial charge in [-0.25, -0.2) is 0 Å². The lowest BCUT2D eigenvalue weighted by Crippen LogP contribution is -2.40. The van der Waals surface area contributed by atoms with E-state index in [1.807, 2.05) is 0 Å². The molecule has 0 bridgehead atoms. The second-order valence-corrected chi connectivity index (χ2v) is 5.49. The van der Waals surface area contributed by atoms with Gasteiger partial charge in [-0.05, 0) is 30.4 Å². The third-order valence-corrected chi connectivity index (χ3v) is 4.59. The van der Waals surface area contributed by atoms with Gasteiger partial charge in [-0.3, -0.25) is 0 Å². The Bertz CT molecular complexity index is 567. The summed E-state index contributed by atoms with van der Waals surface area (Å²) in [5.74, 6) is 0. The smallest absolute Gasteiger partial charge is 0.0489 e. The average Bonchev–Trinajstić information content (AvgIpc) is 2.92. The van der Waals surface area contributed by atoms with Crippen LogP contribution in [0.25, 0.3) is 10.9 Å². The third kappa shape index (κ3) is 1.97. The summed E-state index contributed by atoms with van der Waals surface area (Å²) in [6.07, 6.45) is 5.26. The van der Waals surface area contributed by atoms with Crippen molar-refractivity contribution >= 4 is 10.9 Å². The Balaban J connectivity index is 2.14. The molecule has 0 aliphatic carbocycles. The van der Waals surface area contributed by atoms with E-state index >= 15 is 0 Å². The van der Waals surface area contributed by atoms with Crippen LogP contribution in [0.4, 0.5) is 0 Å². The molecule has 0 amide bonds. The molecular weight excluding hydrogens is 236 g/mol. The fraction of sp³-hybridized carbons (Fsp3) is 0.500. The van der Waals surface area contributed by atoms with Crippen LogP contribution in [0.1, 0.15) is 30.9 Å². The standard InChI is InChI=1S/C16H22N2O/c1-2-12-4-3-5-13-14(10-18-15(12)13)16(11-17)6-8-19-9-7-16/h3-5,10,18H,2,6-9,11,17H2,1H3. The number of H-pyrrole nitrogens is 1. The Kier molecular flexibility index (Phi) is 3.33. The molecule has 2 aromatic rings. The van der Waals surface area contributed by atoms with Gasteiger partial charge in [-0.1, -0.05) is 25.1 Å². The molecule has 3 heteroatoms. The van der Waals surface area contributed by atoms with Crippen molar-refractivity contribution in [1.29, 1.82) is 0 Å². The largest absolute Gasteiger partial charge is 0.381 e. The molecule has 3 N–H and O–H groups in total. The highest BCUT2D eigenvalue weighted by atomic mass is 16.5. The molecule has 1 aromatic carbocycles. The Morgan fingerprint density at radius 2 is 2.11 bits per heavy atom. The van der Waals surface area contributed by atoms with E-state index in [9.17, 15) is 0 Å². The maximum absolute atomic E-state index is 6.12. The summed E-state index contributed by atoms with van der Waals surface area (Å²) < 4.78 is 5.52. The topological polar surface area (TPSA) is 51.0 Å². The van der Waals surface area contributed by atoms with Gasteiger partial charge in [0, 0.05) is 42.3 Å². The fourth-order valence-electron chi connectivity index (χ4n) is 3.30. The number of para-hydroxylation sites is 1. The van der Waals surface area contributed by atoms with Crippen LogP contribution in [0, 0.1) is 0 Å². The van der Waals surface area contributed by atoms with E-state index in [4.69, 9.17) is 10.5 Å². The number of aromatic amines is 1. The molecule has 0 radical (unpaired) electrons. The molecule has 0 atom stereocenters. The molecule has 2 heterocycles. The van der Waals surface area contributed by atoms with Crippen LogP contribution in [0.5, 0.6) is 0 Å². The van der Waals surface area contributed by atoms with Gasteiger partial charge < -0.3 is 15.5 Å². The van der Waals surface area contributed by atoms with Crippen molar-refractivity contribution in [3.63, 3.8) is 0 Å². The normalized spacial score (nSPS) is 18.8. The van der Waals surface area contributed by atoms with Gasteiger partial charge in [0.25, 0.3) is 0 Å². The number of aromatic nitrogens is 1. The van der Waals surface area contributed by atoms with Gasteiger partial charge >= 0.3 is 0 Å². The van der Waals surface area contributed by atoms with Crippen LogP contribution in [0.15, 0.2) is 24.4 Å². The lowest BCUT2D eigenvalue weighted by atomic mass is 9.74. The van der Waals surface area contributed by atoms with E-state index in [1.54, 1.807) is 0 Å². The van der Waals surface area contributed by atoms with Crippen LogP contribution >= 0.6 is 0 Å². The molecule has 3 rings (SSSR count). The first-order chi connectivity index (χ1) is 9.30. The summed E-state index contributed by atoms with van der Waals surface area (Å²) in [7, 11) is 0. The first-order valence-electron chi connectivity index (χ1n) is 7.18. The quantitative estimate of drug-likeness (QED) is 0.889. The molecular formula is C16H22N2O. The first kappa shape index (κ1) is 12.7. The second kappa shape index (κ2) is 4.99. The van der Waals surface area contributed by atoms with E-state index in [0.29, 0.717) is 6.54 Å². The number of aryl methyl sites for hydroxylation is 1. The fourth-order valence-corrected chi connectivity index (χ4v) is 3.30. The molecule has 0 unspecified atom stereocenters. The van der Waals surface area contributed by atoms with Gasteiger partial charge in [0.1, 0.15) is 0 Å². The van der Waals surface area contributed by atoms with Gasteiger partial charge in [-0.2, -0.15) is 0 Å². The number of ether oxygens (including phenoxy) is 1. The maximum atomic E-state index is 6.12. The van der Waals surface area contributed by atoms with E-state index in [0.717, 1.165) is 32.5 Å². The van der Waals surface area contributed by atoms with Gasteiger partial charge in [0.15, 0.2) is 0 Å². The number of nitrogens with one attached hydrogen (secondary N) is 1. The number of nitrogens with two attached hydrogens (primary N) is 1. The zero-order chi connectivity index (χ0) is 13.3. The van der Waals surface area contributed by atoms with E-state index in [2.05, 4.69) is 36.3 Å². The lowest BCUT2D eigenvalue weighted by molar-refractivity contribution is 0.0534. The first-order valence-corrected chi connectivity index (χ1v) is 7.18. The van der Waals surface area contributed by atoms with Crippen molar-refractivity contribution in [2.45, 2.75) is 31.6 Å². The minimum absolute atomic E-state index is 0.0862. The summed E-state index contributed by atoms with van der Waals surface area (Å²) in [4.78, 5) is 3.47. The molecule has 1 fully saturated rings. The molecule has 1 aliphatic heterocycles. The van der Waals surface area contributed by atoms with Crippen LogP contribution in [-0.4, -0.2) is 24.7 Å². The Hall–Kier alpha value is -1.32.